The molecule has 0 N–H and O–H groups in total. The van der Waals surface area contributed by atoms with Crippen LogP contribution in [0.25, 0.3) is 0 Å². The first-order valence-electron chi connectivity index (χ1n) is 7.19. The van der Waals surface area contributed by atoms with Gasteiger partial charge in [0, 0.05) is 0 Å². The van der Waals surface area contributed by atoms with Crippen LogP contribution in [-0.4, -0.2) is 0 Å². The molecule has 4 atom stereocenters. The zero-order valence-electron chi connectivity index (χ0n) is 10.3. The minimum atomic E-state index is 0.836. The molecule has 0 heterocycles. The third kappa shape index (κ3) is 1.43. The Bertz CT molecular complexity index is 442. The van der Waals surface area contributed by atoms with Crippen molar-refractivity contribution >= 4 is 0 Å². The van der Waals surface area contributed by atoms with Crippen molar-refractivity contribution in [3.8, 4) is 0 Å². The second-order valence-corrected chi connectivity index (χ2v) is 6.09. The summed E-state index contributed by atoms with van der Waals surface area (Å²) in [5.74, 6) is 3.61. The molecular formula is C17H20. The lowest BCUT2D eigenvalue weighted by Gasteiger charge is -2.29. The molecular weight excluding hydrogens is 204 g/mol. The van der Waals surface area contributed by atoms with E-state index in [0.29, 0.717) is 0 Å². The molecule has 0 amide bonds. The van der Waals surface area contributed by atoms with E-state index < -0.39 is 0 Å². The number of fused-ring (bicyclic) bond motifs is 1. The van der Waals surface area contributed by atoms with Crippen LogP contribution in [0.3, 0.4) is 0 Å². The fraction of sp³-hybridized carbons (Fsp3) is 0.529. The molecule has 2 bridgehead atoms. The largest absolute Gasteiger partial charge is 0.0813 e. The fourth-order valence-corrected chi connectivity index (χ4v) is 4.71. The minimum absolute atomic E-state index is 0.836. The van der Waals surface area contributed by atoms with E-state index in [2.05, 4.69) is 36.4 Å². The van der Waals surface area contributed by atoms with Crippen LogP contribution in [-0.2, 0) is 0 Å². The summed E-state index contributed by atoms with van der Waals surface area (Å²) < 4.78 is 0. The van der Waals surface area contributed by atoms with Gasteiger partial charge in [0.15, 0.2) is 0 Å². The fourth-order valence-electron chi connectivity index (χ4n) is 4.71. The highest BCUT2D eigenvalue weighted by atomic mass is 14.5. The van der Waals surface area contributed by atoms with Crippen LogP contribution in [0.4, 0.5) is 0 Å². The van der Waals surface area contributed by atoms with Crippen LogP contribution >= 0.6 is 0 Å². The van der Waals surface area contributed by atoms with E-state index in [1.165, 1.54) is 32.1 Å². The van der Waals surface area contributed by atoms with Gasteiger partial charge in [0.05, 0.1) is 0 Å². The first-order chi connectivity index (χ1) is 8.43. The number of hydrogen-bond acceptors (Lipinski definition) is 0. The van der Waals surface area contributed by atoms with E-state index in [9.17, 15) is 0 Å². The van der Waals surface area contributed by atoms with E-state index in [1.54, 1.807) is 5.56 Å². The molecule has 88 valence electrons. The van der Waals surface area contributed by atoms with Gasteiger partial charge in [-0.15, -0.1) is 0 Å². The Hall–Kier alpha value is -1.04. The molecule has 2 saturated carbocycles. The molecule has 3 aliphatic carbocycles. The molecule has 0 aliphatic heterocycles. The van der Waals surface area contributed by atoms with Crippen LogP contribution in [0.2, 0.25) is 0 Å². The van der Waals surface area contributed by atoms with Gasteiger partial charge >= 0.3 is 0 Å². The van der Waals surface area contributed by atoms with Gasteiger partial charge in [0.2, 0.25) is 0 Å². The Morgan fingerprint density at radius 2 is 1.88 bits per heavy atom. The minimum Gasteiger partial charge on any atom is -0.0813 e. The molecule has 0 aromatic heterocycles. The van der Waals surface area contributed by atoms with Crippen molar-refractivity contribution in [2.75, 3.05) is 0 Å². The lowest BCUT2D eigenvalue weighted by molar-refractivity contribution is 0.363. The average molecular weight is 224 g/mol. The van der Waals surface area contributed by atoms with Crippen LogP contribution < -0.4 is 0 Å². The van der Waals surface area contributed by atoms with Gasteiger partial charge in [-0.3, -0.25) is 0 Å². The third-order valence-electron chi connectivity index (χ3n) is 5.31. The molecule has 0 unspecified atom stereocenters. The smallest absolute Gasteiger partial charge is 0.00646 e. The van der Waals surface area contributed by atoms with E-state index in [0.717, 1.165) is 23.7 Å². The van der Waals surface area contributed by atoms with Gasteiger partial charge in [-0.2, -0.15) is 0 Å². The second-order valence-electron chi connectivity index (χ2n) is 6.09. The molecule has 3 aliphatic rings. The molecule has 0 heteroatoms. The lowest BCUT2D eigenvalue weighted by atomic mass is 9.75. The topological polar surface area (TPSA) is 0 Å². The van der Waals surface area contributed by atoms with Gasteiger partial charge in [-0.1, -0.05) is 48.4 Å². The summed E-state index contributed by atoms with van der Waals surface area (Å²) in [5, 5.41) is 0. The van der Waals surface area contributed by atoms with Gasteiger partial charge < -0.3 is 0 Å². The summed E-state index contributed by atoms with van der Waals surface area (Å²) in [6.45, 7) is 0. The Morgan fingerprint density at radius 3 is 2.76 bits per heavy atom. The highest BCUT2D eigenvalue weighted by Crippen LogP contribution is 2.59. The number of hydrogen-bond donors (Lipinski definition) is 0. The second kappa shape index (κ2) is 3.73. The highest BCUT2D eigenvalue weighted by Gasteiger charge is 2.48. The third-order valence-corrected chi connectivity index (χ3v) is 5.31. The predicted molar refractivity (Wildman–Crippen MR) is 70.8 cm³/mol. The van der Waals surface area contributed by atoms with Crippen molar-refractivity contribution in [2.24, 2.45) is 17.8 Å². The van der Waals surface area contributed by atoms with Crippen molar-refractivity contribution in [2.45, 2.75) is 38.0 Å². The van der Waals surface area contributed by atoms with Gasteiger partial charge in [-0.05, 0) is 54.9 Å². The van der Waals surface area contributed by atoms with Crippen LogP contribution in [0.1, 0.15) is 43.6 Å². The van der Waals surface area contributed by atoms with E-state index in [-0.39, 0.29) is 0 Å². The highest BCUT2D eigenvalue weighted by molar-refractivity contribution is 5.33. The molecule has 0 nitrogen and oxygen atoms in total. The molecule has 4 rings (SSSR count). The molecule has 2 fully saturated rings. The first-order valence-corrected chi connectivity index (χ1v) is 7.19. The van der Waals surface area contributed by atoms with E-state index in [1.807, 2.05) is 5.57 Å². The number of benzene rings is 1. The molecule has 1 aromatic rings. The van der Waals surface area contributed by atoms with Crippen molar-refractivity contribution in [3.63, 3.8) is 0 Å². The van der Waals surface area contributed by atoms with Crippen LogP contribution in [0.15, 0.2) is 42.0 Å². The zero-order valence-corrected chi connectivity index (χ0v) is 10.3. The predicted octanol–water partition coefficient (Wildman–Crippen LogP) is 4.54. The Balaban J connectivity index is 1.75. The quantitative estimate of drug-likeness (QED) is 0.614. The van der Waals surface area contributed by atoms with Gasteiger partial charge in [0.1, 0.15) is 0 Å². The summed E-state index contributed by atoms with van der Waals surface area (Å²) in [6, 6.07) is 11.3. The van der Waals surface area contributed by atoms with E-state index in [4.69, 9.17) is 0 Å². The van der Waals surface area contributed by atoms with Crippen LogP contribution in [0, 0.1) is 17.8 Å². The number of allylic oxidation sites excluding steroid dienone is 2. The maximum absolute atomic E-state index is 2.64. The Labute approximate surface area is 104 Å². The SMILES string of the molecule is C1=C2CCCC[C@H]3[C@H](c4ccccc4)[C@@H]1C[C@@H]23. The summed E-state index contributed by atoms with van der Waals surface area (Å²) in [6.07, 6.45) is 9.86. The van der Waals surface area contributed by atoms with Gasteiger partial charge in [-0.25, -0.2) is 0 Å². The van der Waals surface area contributed by atoms with Crippen molar-refractivity contribution < 1.29 is 0 Å². The van der Waals surface area contributed by atoms with Crippen molar-refractivity contribution in [1.82, 2.24) is 0 Å². The van der Waals surface area contributed by atoms with Crippen molar-refractivity contribution in [3.05, 3.63) is 47.5 Å². The van der Waals surface area contributed by atoms with Crippen LogP contribution in [0.5, 0.6) is 0 Å². The summed E-state index contributed by atoms with van der Waals surface area (Å²) in [5.41, 5.74) is 3.42. The average Bonchev–Trinajstić information content (AvgIpc) is 2.90. The summed E-state index contributed by atoms with van der Waals surface area (Å²) in [4.78, 5) is 0. The first kappa shape index (κ1) is 9.94. The van der Waals surface area contributed by atoms with E-state index >= 15 is 0 Å². The monoisotopic (exact) mass is 224 g/mol. The summed E-state index contributed by atoms with van der Waals surface area (Å²) >= 11 is 0. The molecule has 1 aromatic carbocycles. The Kier molecular flexibility index (Phi) is 2.18. The molecule has 0 spiro atoms. The Morgan fingerprint density at radius 1 is 1.00 bits per heavy atom. The molecule has 0 saturated heterocycles. The molecule has 0 radical (unpaired) electrons. The lowest BCUT2D eigenvalue weighted by Crippen LogP contribution is -2.19. The normalized spacial score (nSPS) is 38.9. The maximum Gasteiger partial charge on any atom is -0.00646 e. The molecule has 17 heavy (non-hydrogen) atoms. The summed E-state index contributed by atoms with van der Waals surface area (Å²) in [7, 11) is 0. The maximum atomic E-state index is 2.64. The standard InChI is InChI=1S/C17H20/c1-2-6-12(7-3-1)17-14-10-13-8-4-5-9-15(17)16(13)11-14/h1-3,6-7,10,14-17H,4-5,8-9,11H2/t14-,15+,16-,17+/m0/s1. The van der Waals surface area contributed by atoms with Gasteiger partial charge in [0.25, 0.3) is 0 Å². The number of rotatable bonds is 1. The van der Waals surface area contributed by atoms with Crippen molar-refractivity contribution in [1.29, 1.82) is 0 Å². The zero-order chi connectivity index (χ0) is 11.2.